The molecule has 0 saturated carbocycles. The van der Waals surface area contributed by atoms with Crippen LogP contribution in [0.5, 0.6) is 0 Å². The van der Waals surface area contributed by atoms with E-state index in [0.29, 0.717) is 5.56 Å². The van der Waals surface area contributed by atoms with Crippen LogP contribution in [0, 0.1) is 20.8 Å². The normalized spacial score (nSPS) is 11.3. The van der Waals surface area contributed by atoms with Gasteiger partial charge in [-0.1, -0.05) is 48.0 Å². The molecule has 0 saturated heterocycles. The van der Waals surface area contributed by atoms with Gasteiger partial charge in [-0.05, 0) is 32.4 Å². The molecule has 144 valence electrons. The number of rotatable bonds is 4. The molecule has 0 unspecified atom stereocenters. The number of pyridine rings is 1. The van der Waals surface area contributed by atoms with Crippen molar-refractivity contribution in [2.45, 2.75) is 20.8 Å². The number of nitrogens with zero attached hydrogens (tertiary/aromatic N) is 3. The molecule has 0 fully saturated rings. The second-order valence-electron chi connectivity index (χ2n) is 7.05. The fourth-order valence-corrected chi connectivity index (χ4v) is 3.27. The smallest absolute Gasteiger partial charge is 0.272 e. The molecule has 0 radical (unpaired) electrons. The van der Waals surface area contributed by atoms with Crippen LogP contribution in [0.4, 0.5) is 0 Å². The number of aromatic nitrogens is 3. The highest BCUT2D eigenvalue weighted by molar-refractivity contribution is 6.07. The minimum Gasteiger partial charge on any atom is -0.277 e. The number of aryl methyl sites for hydroxylation is 3. The third-order valence-electron chi connectivity index (χ3n) is 4.79. The Morgan fingerprint density at radius 2 is 1.90 bits per heavy atom. The number of fused-ring (bicyclic) bond motifs is 1. The average Bonchev–Trinajstić information content (AvgIpc) is 3.17. The van der Waals surface area contributed by atoms with Gasteiger partial charge in [0.1, 0.15) is 0 Å². The first kappa shape index (κ1) is 18.6. The first-order valence-electron chi connectivity index (χ1n) is 9.34. The molecule has 0 atom stereocenters. The van der Waals surface area contributed by atoms with Crippen LogP contribution < -0.4 is 5.43 Å². The van der Waals surface area contributed by atoms with E-state index in [0.717, 1.165) is 39.0 Å². The summed E-state index contributed by atoms with van der Waals surface area (Å²) in [5.41, 5.74) is 9.67. The number of carbonyl (C=O) groups is 1. The third kappa shape index (κ3) is 3.78. The van der Waals surface area contributed by atoms with Gasteiger partial charge in [-0.3, -0.25) is 14.9 Å². The van der Waals surface area contributed by atoms with E-state index in [1.807, 2.05) is 63.2 Å². The number of carbonyl (C=O) groups excluding carboxylic acids is 1. The Bertz CT molecular complexity index is 1220. The Labute approximate surface area is 168 Å². The molecule has 0 aliphatic rings. The van der Waals surface area contributed by atoms with Crippen molar-refractivity contribution >= 4 is 23.0 Å². The van der Waals surface area contributed by atoms with E-state index in [4.69, 9.17) is 0 Å². The molecule has 4 aromatic rings. The van der Waals surface area contributed by atoms with Crippen molar-refractivity contribution in [3.05, 3.63) is 82.7 Å². The molecular weight excluding hydrogens is 362 g/mol. The lowest BCUT2D eigenvalue weighted by Crippen LogP contribution is -2.18. The van der Waals surface area contributed by atoms with E-state index in [1.54, 1.807) is 18.5 Å². The summed E-state index contributed by atoms with van der Waals surface area (Å²) in [7, 11) is 0. The van der Waals surface area contributed by atoms with Crippen molar-refractivity contribution in [1.82, 2.24) is 20.6 Å². The number of benzene rings is 2. The highest BCUT2D eigenvalue weighted by Crippen LogP contribution is 2.22. The zero-order valence-electron chi connectivity index (χ0n) is 16.5. The van der Waals surface area contributed by atoms with Gasteiger partial charge in [0.05, 0.1) is 29.2 Å². The molecular formula is C23H21N5O. The highest BCUT2D eigenvalue weighted by Gasteiger charge is 2.13. The number of amides is 1. The van der Waals surface area contributed by atoms with Crippen molar-refractivity contribution < 1.29 is 4.79 Å². The van der Waals surface area contributed by atoms with Crippen LogP contribution in [0.1, 0.15) is 32.7 Å². The number of nitrogens with one attached hydrogen (secondary N) is 2. The quantitative estimate of drug-likeness (QED) is 0.407. The molecule has 6 heteroatoms. The van der Waals surface area contributed by atoms with Crippen LogP contribution in [0.15, 0.2) is 59.8 Å². The van der Waals surface area contributed by atoms with Gasteiger partial charge in [-0.25, -0.2) is 5.43 Å². The van der Waals surface area contributed by atoms with Crippen LogP contribution in [-0.4, -0.2) is 27.3 Å². The topological polar surface area (TPSA) is 83.0 Å². The van der Waals surface area contributed by atoms with Crippen molar-refractivity contribution in [3.63, 3.8) is 0 Å². The molecule has 4 rings (SSSR count). The second kappa shape index (κ2) is 7.67. The molecule has 2 aromatic heterocycles. The van der Waals surface area contributed by atoms with Crippen LogP contribution >= 0.6 is 0 Å². The lowest BCUT2D eigenvalue weighted by Gasteiger charge is -2.08. The van der Waals surface area contributed by atoms with Gasteiger partial charge in [0.25, 0.3) is 5.91 Å². The van der Waals surface area contributed by atoms with E-state index in [9.17, 15) is 4.79 Å². The van der Waals surface area contributed by atoms with Crippen molar-refractivity contribution in [2.24, 2.45) is 5.10 Å². The third-order valence-corrected chi connectivity index (χ3v) is 4.79. The van der Waals surface area contributed by atoms with Crippen LogP contribution in [0.3, 0.4) is 0 Å². The van der Waals surface area contributed by atoms with Gasteiger partial charge in [0.15, 0.2) is 0 Å². The molecule has 0 spiro atoms. The SMILES string of the molecule is Cc1ccc(-c2[nH]ncc2/C=N/NC(=O)c2cc(C)nc3c(C)cccc23)cc1. The van der Waals surface area contributed by atoms with Crippen molar-refractivity contribution in [3.8, 4) is 11.3 Å². The molecule has 29 heavy (non-hydrogen) atoms. The van der Waals surface area contributed by atoms with E-state index in [1.165, 1.54) is 5.56 Å². The summed E-state index contributed by atoms with van der Waals surface area (Å²) >= 11 is 0. The van der Waals surface area contributed by atoms with Crippen molar-refractivity contribution in [2.75, 3.05) is 0 Å². The second-order valence-corrected chi connectivity index (χ2v) is 7.05. The van der Waals surface area contributed by atoms with E-state index < -0.39 is 0 Å². The molecule has 1 amide bonds. The Morgan fingerprint density at radius 1 is 1.10 bits per heavy atom. The Morgan fingerprint density at radius 3 is 2.69 bits per heavy atom. The maximum Gasteiger partial charge on any atom is 0.272 e. The Kier molecular flexibility index (Phi) is 4.91. The average molecular weight is 383 g/mol. The molecule has 0 bridgehead atoms. The van der Waals surface area contributed by atoms with Gasteiger partial charge in [0, 0.05) is 22.2 Å². The van der Waals surface area contributed by atoms with Gasteiger partial charge >= 0.3 is 0 Å². The monoisotopic (exact) mass is 383 g/mol. The Balaban J connectivity index is 1.58. The Hall–Kier alpha value is -3.80. The number of hydrogen-bond acceptors (Lipinski definition) is 4. The first-order valence-corrected chi connectivity index (χ1v) is 9.34. The first-order chi connectivity index (χ1) is 14.0. The fourth-order valence-electron chi connectivity index (χ4n) is 3.27. The highest BCUT2D eigenvalue weighted by atomic mass is 16.2. The summed E-state index contributed by atoms with van der Waals surface area (Å²) in [6.45, 7) is 5.91. The van der Waals surface area contributed by atoms with E-state index >= 15 is 0 Å². The summed E-state index contributed by atoms with van der Waals surface area (Å²) in [5.74, 6) is -0.275. The van der Waals surface area contributed by atoms with Crippen LogP contribution in [-0.2, 0) is 0 Å². The molecule has 2 N–H and O–H groups in total. The fraction of sp³-hybridized carbons (Fsp3) is 0.130. The predicted molar refractivity (Wildman–Crippen MR) is 115 cm³/mol. The van der Waals surface area contributed by atoms with E-state index in [-0.39, 0.29) is 5.91 Å². The van der Waals surface area contributed by atoms with Crippen molar-refractivity contribution in [1.29, 1.82) is 0 Å². The maximum absolute atomic E-state index is 12.8. The van der Waals surface area contributed by atoms with Gasteiger partial charge in [0.2, 0.25) is 0 Å². The van der Waals surface area contributed by atoms with Crippen LogP contribution in [0.2, 0.25) is 0 Å². The lowest BCUT2D eigenvalue weighted by molar-refractivity contribution is 0.0956. The zero-order valence-corrected chi connectivity index (χ0v) is 16.5. The van der Waals surface area contributed by atoms with Gasteiger partial charge in [-0.15, -0.1) is 0 Å². The lowest BCUT2D eigenvalue weighted by atomic mass is 10.0. The van der Waals surface area contributed by atoms with Gasteiger partial charge < -0.3 is 0 Å². The number of aromatic amines is 1. The maximum atomic E-state index is 12.8. The standard InChI is InChI=1S/C23H21N5O/c1-14-7-9-17(10-8-14)22-18(12-24-27-22)13-25-28-23(29)20-11-16(3)26-21-15(2)5-4-6-19(20)21/h4-13H,1-3H3,(H,24,27)(H,28,29)/b25-13+. The number of para-hydroxylation sites is 1. The summed E-state index contributed by atoms with van der Waals surface area (Å²) < 4.78 is 0. The summed E-state index contributed by atoms with van der Waals surface area (Å²) in [4.78, 5) is 17.3. The minimum absolute atomic E-state index is 0.275. The molecule has 2 heterocycles. The number of hydrazone groups is 1. The molecule has 6 nitrogen and oxygen atoms in total. The largest absolute Gasteiger partial charge is 0.277 e. The molecule has 0 aliphatic heterocycles. The number of H-pyrrole nitrogens is 1. The molecule has 0 aliphatic carbocycles. The minimum atomic E-state index is -0.275. The summed E-state index contributed by atoms with van der Waals surface area (Å²) in [5, 5.41) is 12.0. The van der Waals surface area contributed by atoms with Crippen LogP contribution in [0.25, 0.3) is 22.2 Å². The van der Waals surface area contributed by atoms with E-state index in [2.05, 4.69) is 25.7 Å². The molecule has 2 aromatic carbocycles. The predicted octanol–water partition coefficient (Wildman–Crippen LogP) is 4.31. The number of hydrogen-bond donors (Lipinski definition) is 2. The summed E-state index contributed by atoms with van der Waals surface area (Å²) in [6.07, 6.45) is 3.28. The summed E-state index contributed by atoms with van der Waals surface area (Å²) in [6, 6.07) is 15.7. The zero-order chi connectivity index (χ0) is 20.4. The van der Waals surface area contributed by atoms with Gasteiger partial charge in [-0.2, -0.15) is 10.2 Å².